The Labute approximate surface area is 187 Å². The molecular formula is C24H25N3O4S. The summed E-state index contributed by atoms with van der Waals surface area (Å²) >= 11 is 0. The van der Waals surface area contributed by atoms with Crippen LogP contribution in [0.1, 0.15) is 34.3 Å². The summed E-state index contributed by atoms with van der Waals surface area (Å²) in [7, 11) is 0.438. The molecule has 0 spiro atoms. The Balaban J connectivity index is 1.66. The molecule has 0 saturated heterocycles. The lowest BCUT2D eigenvalue weighted by molar-refractivity contribution is 0.101. The summed E-state index contributed by atoms with van der Waals surface area (Å²) in [5.41, 5.74) is 2.58. The second-order valence-electron chi connectivity index (χ2n) is 8.09. The minimum Gasteiger partial charge on any atom is -0.494 e. The maximum Gasteiger partial charge on any atom is 0.280 e. The maximum atomic E-state index is 12.8. The molecule has 0 fully saturated rings. The molecule has 7 nitrogen and oxygen atoms in total. The predicted octanol–water partition coefficient (Wildman–Crippen LogP) is 3.49. The van der Waals surface area contributed by atoms with E-state index in [0.717, 1.165) is 18.5 Å². The van der Waals surface area contributed by atoms with Gasteiger partial charge in [-0.05, 0) is 45.6 Å². The molecule has 32 heavy (non-hydrogen) atoms. The zero-order valence-corrected chi connectivity index (χ0v) is 18.8. The van der Waals surface area contributed by atoms with Gasteiger partial charge < -0.3 is 15.0 Å². The first-order valence-electron chi connectivity index (χ1n) is 10.4. The van der Waals surface area contributed by atoms with Gasteiger partial charge in [-0.1, -0.05) is 42.5 Å². The summed E-state index contributed by atoms with van der Waals surface area (Å²) in [6.07, 6.45) is 1.36. The number of hydrogen-bond donors (Lipinski definition) is 2. The van der Waals surface area contributed by atoms with Crippen molar-refractivity contribution in [2.24, 2.45) is 4.99 Å². The topological polar surface area (TPSA) is 103 Å². The second kappa shape index (κ2) is 8.72. The Kier molecular flexibility index (Phi) is 5.99. The number of aromatic amines is 1. The molecule has 1 amide bonds. The van der Waals surface area contributed by atoms with E-state index in [4.69, 9.17) is 0 Å². The highest BCUT2D eigenvalue weighted by Gasteiger charge is 2.33. The van der Waals surface area contributed by atoms with Crippen LogP contribution in [-0.2, 0) is 9.84 Å². The van der Waals surface area contributed by atoms with Crippen LogP contribution in [0.4, 0.5) is 0 Å². The molecule has 8 heteroatoms. The average Bonchev–Trinajstić information content (AvgIpc) is 3.30. The van der Waals surface area contributed by atoms with Crippen LogP contribution in [0.5, 0.6) is 5.88 Å². The fourth-order valence-corrected chi connectivity index (χ4v) is 5.26. The lowest BCUT2D eigenvalue weighted by Gasteiger charge is -2.10. The number of carbonyl (C=O) groups excluding carboxylic acids is 1. The van der Waals surface area contributed by atoms with Gasteiger partial charge in [0.15, 0.2) is 15.7 Å². The highest BCUT2D eigenvalue weighted by atomic mass is 32.2. The number of benzene rings is 2. The third-order valence-electron chi connectivity index (χ3n) is 5.44. The van der Waals surface area contributed by atoms with E-state index in [0.29, 0.717) is 29.0 Å². The van der Waals surface area contributed by atoms with Gasteiger partial charge in [-0.25, -0.2) is 13.4 Å². The lowest BCUT2D eigenvalue weighted by Crippen LogP contribution is -2.15. The van der Waals surface area contributed by atoms with Crippen molar-refractivity contribution in [2.75, 3.05) is 26.4 Å². The number of H-pyrrole nitrogens is 1. The van der Waals surface area contributed by atoms with Gasteiger partial charge in [-0.2, -0.15) is 0 Å². The molecule has 3 aromatic rings. The molecule has 0 bridgehead atoms. The van der Waals surface area contributed by atoms with Gasteiger partial charge in [-0.3, -0.25) is 4.79 Å². The number of aliphatic imine (C=N–C) groups is 1. The van der Waals surface area contributed by atoms with Crippen LogP contribution in [0.15, 0.2) is 64.5 Å². The number of amides is 1. The quantitative estimate of drug-likeness (QED) is 0.511. The summed E-state index contributed by atoms with van der Waals surface area (Å²) < 4.78 is 25.7. The number of rotatable bonds is 8. The van der Waals surface area contributed by atoms with Gasteiger partial charge in [-0.15, -0.1) is 0 Å². The van der Waals surface area contributed by atoms with E-state index in [1.54, 1.807) is 24.3 Å². The average molecular weight is 452 g/mol. The minimum absolute atomic E-state index is 0.0541. The predicted molar refractivity (Wildman–Crippen MR) is 124 cm³/mol. The summed E-state index contributed by atoms with van der Waals surface area (Å²) in [4.78, 5) is 21.9. The smallest absolute Gasteiger partial charge is 0.280 e. The third kappa shape index (κ3) is 4.24. The molecular weight excluding hydrogens is 426 g/mol. The highest BCUT2D eigenvalue weighted by Crippen LogP contribution is 2.38. The number of sulfone groups is 1. The lowest BCUT2D eigenvalue weighted by atomic mass is 10.0. The number of nitrogens with zero attached hydrogens (tertiary/aromatic N) is 2. The monoisotopic (exact) mass is 451 g/mol. The van der Waals surface area contributed by atoms with Crippen molar-refractivity contribution in [2.45, 2.75) is 17.7 Å². The van der Waals surface area contributed by atoms with E-state index >= 15 is 0 Å². The number of fused-ring (bicyclic) bond motifs is 1. The molecule has 0 unspecified atom stereocenters. The summed E-state index contributed by atoms with van der Waals surface area (Å²) in [5, 5.41) is 10.6. The molecule has 2 heterocycles. The van der Waals surface area contributed by atoms with Gasteiger partial charge in [0.05, 0.1) is 33.2 Å². The number of aromatic hydroxyl groups is 1. The molecule has 2 N–H and O–H groups in total. The highest BCUT2D eigenvalue weighted by molar-refractivity contribution is 7.91. The zero-order chi connectivity index (χ0) is 22.9. The van der Waals surface area contributed by atoms with Crippen molar-refractivity contribution >= 4 is 21.5 Å². The van der Waals surface area contributed by atoms with Crippen molar-refractivity contribution in [1.29, 1.82) is 0 Å². The zero-order valence-electron chi connectivity index (χ0n) is 18.0. The summed E-state index contributed by atoms with van der Waals surface area (Å²) in [5.74, 6) is -0.582. The van der Waals surface area contributed by atoms with Crippen LogP contribution in [0.2, 0.25) is 0 Å². The van der Waals surface area contributed by atoms with Gasteiger partial charge in [0, 0.05) is 11.1 Å². The molecule has 0 saturated carbocycles. The first kappa shape index (κ1) is 22.0. The SMILES string of the molecule is CN(C)CCCCS(=O)(=O)c1cccc(-c2[nH]c(O)c3c2C(=O)N=C3c2ccccc2)c1. The number of carbonyl (C=O) groups is 1. The Morgan fingerprint density at radius 2 is 1.69 bits per heavy atom. The molecule has 4 rings (SSSR count). The van der Waals surface area contributed by atoms with Crippen molar-refractivity contribution in [3.05, 3.63) is 71.3 Å². The van der Waals surface area contributed by atoms with E-state index < -0.39 is 15.7 Å². The third-order valence-corrected chi connectivity index (χ3v) is 7.24. The fraction of sp³-hybridized carbons (Fsp3) is 0.250. The Bertz CT molecular complexity index is 1290. The molecule has 1 aliphatic rings. The van der Waals surface area contributed by atoms with Crippen molar-refractivity contribution in [1.82, 2.24) is 9.88 Å². The van der Waals surface area contributed by atoms with Gasteiger partial charge in [0.1, 0.15) is 0 Å². The largest absolute Gasteiger partial charge is 0.494 e. The Morgan fingerprint density at radius 3 is 2.41 bits per heavy atom. The van der Waals surface area contributed by atoms with Crippen LogP contribution < -0.4 is 0 Å². The molecule has 0 atom stereocenters. The van der Waals surface area contributed by atoms with Crippen LogP contribution in [0.25, 0.3) is 11.3 Å². The Hall–Kier alpha value is -3.23. The number of unbranched alkanes of at least 4 members (excludes halogenated alkanes) is 1. The fourth-order valence-electron chi connectivity index (χ4n) is 3.85. The van der Waals surface area contributed by atoms with Crippen molar-refractivity contribution in [3.8, 4) is 17.1 Å². The molecule has 1 aliphatic heterocycles. The molecule has 1 aromatic heterocycles. The number of aromatic nitrogens is 1. The molecule has 0 radical (unpaired) electrons. The van der Waals surface area contributed by atoms with Gasteiger partial charge >= 0.3 is 0 Å². The molecule has 0 aliphatic carbocycles. The molecule has 2 aromatic carbocycles. The Morgan fingerprint density at radius 1 is 0.969 bits per heavy atom. The standard InChI is InChI=1S/C24H25N3O4S/c1-27(2)13-6-7-14-32(30,31)18-12-8-11-17(15-18)22-20-19(23(28)26-22)21(25-24(20)29)16-9-4-3-5-10-16/h3-5,8-12,15,26,28H,6-7,13-14H2,1-2H3. The normalized spacial score (nSPS) is 13.5. The minimum atomic E-state index is -3.47. The summed E-state index contributed by atoms with van der Waals surface area (Å²) in [6.45, 7) is 0.829. The van der Waals surface area contributed by atoms with Gasteiger partial charge in [0.2, 0.25) is 0 Å². The number of hydrogen-bond acceptors (Lipinski definition) is 5. The van der Waals surface area contributed by atoms with Gasteiger partial charge in [0.25, 0.3) is 5.91 Å². The van der Waals surface area contributed by atoms with E-state index in [-0.39, 0.29) is 22.1 Å². The number of nitrogens with one attached hydrogen (secondary N) is 1. The van der Waals surface area contributed by atoms with Crippen LogP contribution in [0, 0.1) is 0 Å². The maximum absolute atomic E-state index is 12.8. The van der Waals surface area contributed by atoms with Crippen molar-refractivity contribution in [3.63, 3.8) is 0 Å². The van der Waals surface area contributed by atoms with E-state index in [1.807, 2.05) is 49.3 Å². The first-order chi connectivity index (χ1) is 15.3. The van der Waals surface area contributed by atoms with Crippen LogP contribution in [0.3, 0.4) is 0 Å². The van der Waals surface area contributed by atoms with E-state index in [1.165, 1.54) is 0 Å². The first-order valence-corrected chi connectivity index (χ1v) is 12.0. The van der Waals surface area contributed by atoms with E-state index in [9.17, 15) is 18.3 Å². The van der Waals surface area contributed by atoms with E-state index in [2.05, 4.69) is 9.98 Å². The van der Waals surface area contributed by atoms with Crippen molar-refractivity contribution < 1.29 is 18.3 Å². The van der Waals surface area contributed by atoms with Crippen LogP contribution in [-0.4, -0.2) is 61.4 Å². The summed E-state index contributed by atoms with van der Waals surface area (Å²) in [6, 6.07) is 15.6. The second-order valence-corrected chi connectivity index (χ2v) is 10.2. The van der Waals surface area contributed by atoms with Crippen LogP contribution >= 0.6 is 0 Å². The molecule has 166 valence electrons.